The van der Waals surface area contributed by atoms with Gasteiger partial charge in [0.2, 0.25) is 5.91 Å². The summed E-state index contributed by atoms with van der Waals surface area (Å²) in [6.45, 7) is 9.22. The lowest BCUT2D eigenvalue weighted by molar-refractivity contribution is -0.144. The Morgan fingerprint density at radius 3 is 2.62 bits per heavy atom. The number of nitrogens with zero attached hydrogens (tertiary/aromatic N) is 1. The second kappa shape index (κ2) is 5.67. The molecule has 1 aliphatic heterocycles. The minimum Gasteiger partial charge on any atom is -0.366 e. The van der Waals surface area contributed by atoms with E-state index in [0.717, 1.165) is 25.8 Å². The van der Waals surface area contributed by atoms with Crippen LogP contribution in [0, 0.1) is 0 Å². The molecule has 0 N–H and O–H groups in total. The van der Waals surface area contributed by atoms with Gasteiger partial charge in [-0.25, -0.2) is 0 Å². The first-order valence-electron chi connectivity index (χ1n) is 6.37. The van der Waals surface area contributed by atoms with E-state index >= 15 is 0 Å². The van der Waals surface area contributed by atoms with E-state index in [0.29, 0.717) is 6.04 Å². The number of likely N-dealkylation sites (tertiary alicyclic amines) is 1. The summed E-state index contributed by atoms with van der Waals surface area (Å²) in [4.78, 5) is 14.0. The second-order valence-electron chi connectivity index (χ2n) is 5.55. The van der Waals surface area contributed by atoms with Crippen LogP contribution in [0.2, 0.25) is 0 Å². The summed E-state index contributed by atoms with van der Waals surface area (Å²) >= 11 is 0. The fourth-order valence-electron chi connectivity index (χ4n) is 2.11. The van der Waals surface area contributed by atoms with Crippen LogP contribution in [0.3, 0.4) is 0 Å². The van der Waals surface area contributed by atoms with Crippen molar-refractivity contribution in [1.82, 2.24) is 4.90 Å². The molecular weight excluding hydrogens is 202 g/mol. The minimum absolute atomic E-state index is 0.154. The number of carbonyl (C=O) groups is 1. The van der Waals surface area contributed by atoms with Crippen molar-refractivity contribution in [1.29, 1.82) is 0 Å². The number of hydrogen-bond donors (Lipinski definition) is 0. The zero-order chi connectivity index (χ0) is 12.2. The van der Waals surface area contributed by atoms with Gasteiger partial charge in [0.05, 0.1) is 5.60 Å². The van der Waals surface area contributed by atoms with Gasteiger partial charge in [0, 0.05) is 12.6 Å². The maximum Gasteiger partial charge on any atom is 0.248 e. The van der Waals surface area contributed by atoms with E-state index in [4.69, 9.17) is 4.74 Å². The van der Waals surface area contributed by atoms with Crippen LogP contribution in [-0.4, -0.2) is 35.6 Å². The average Bonchev–Trinajstić information content (AvgIpc) is 2.25. The van der Waals surface area contributed by atoms with E-state index in [9.17, 15) is 4.79 Å². The van der Waals surface area contributed by atoms with Gasteiger partial charge in [0.1, 0.15) is 6.61 Å². The predicted molar refractivity (Wildman–Crippen MR) is 65.3 cm³/mol. The van der Waals surface area contributed by atoms with E-state index in [-0.39, 0.29) is 18.1 Å². The highest BCUT2D eigenvalue weighted by Crippen LogP contribution is 2.20. The topological polar surface area (TPSA) is 29.5 Å². The zero-order valence-electron chi connectivity index (χ0n) is 11.1. The van der Waals surface area contributed by atoms with Crippen LogP contribution in [0.1, 0.15) is 53.4 Å². The third-order valence-corrected chi connectivity index (χ3v) is 3.05. The van der Waals surface area contributed by atoms with Crippen LogP contribution >= 0.6 is 0 Å². The van der Waals surface area contributed by atoms with Gasteiger partial charge in [-0.2, -0.15) is 0 Å². The van der Waals surface area contributed by atoms with Crippen LogP contribution < -0.4 is 0 Å². The van der Waals surface area contributed by atoms with Gasteiger partial charge in [-0.15, -0.1) is 0 Å². The quantitative estimate of drug-likeness (QED) is 0.741. The summed E-state index contributed by atoms with van der Waals surface area (Å²) in [7, 11) is 0. The van der Waals surface area contributed by atoms with E-state index in [1.54, 1.807) is 0 Å². The van der Waals surface area contributed by atoms with Gasteiger partial charge in [-0.1, -0.05) is 6.92 Å². The van der Waals surface area contributed by atoms with Crippen molar-refractivity contribution < 1.29 is 9.53 Å². The van der Waals surface area contributed by atoms with Crippen LogP contribution in [-0.2, 0) is 9.53 Å². The van der Waals surface area contributed by atoms with Crippen molar-refractivity contribution in [2.24, 2.45) is 0 Å². The number of amides is 1. The van der Waals surface area contributed by atoms with Gasteiger partial charge < -0.3 is 9.64 Å². The Kier molecular flexibility index (Phi) is 4.78. The van der Waals surface area contributed by atoms with Crippen LogP contribution in [0.15, 0.2) is 0 Å². The SMILES string of the molecule is CCC1CCCCN1C(=O)COC(C)(C)C. The van der Waals surface area contributed by atoms with Gasteiger partial charge in [0.25, 0.3) is 0 Å². The highest BCUT2D eigenvalue weighted by molar-refractivity contribution is 5.77. The Morgan fingerprint density at radius 2 is 2.06 bits per heavy atom. The van der Waals surface area contributed by atoms with Crippen molar-refractivity contribution >= 4 is 5.91 Å². The molecule has 3 nitrogen and oxygen atoms in total. The summed E-state index contributed by atoms with van der Waals surface area (Å²) in [5.74, 6) is 0.154. The first-order chi connectivity index (χ1) is 7.44. The lowest BCUT2D eigenvalue weighted by Gasteiger charge is -2.35. The number of carbonyl (C=O) groups excluding carboxylic acids is 1. The van der Waals surface area contributed by atoms with Crippen molar-refractivity contribution in [2.75, 3.05) is 13.2 Å². The second-order valence-corrected chi connectivity index (χ2v) is 5.55. The standard InChI is InChI=1S/C13H25NO2/c1-5-11-8-6-7-9-14(11)12(15)10-16-13(2,3)4/h11H,5-10H2,1-4H3. The van der Waals surface area contributed by atoms with Crippen LogP contribution in [0.4, 0.5) is 0 Å². The predicted octanol–water partition coefficient (Wildman–Crippen LogP) is 2.59. The summed E-state index contributed by atoms with van der Waals surface area (Å²) in [5.41, 5.74) is -0.229. The molecule has 1 aliphatic rings. The fourth-order valence-corrected chi connectivity index (χ4v) is 2.11. The fraction of sp³-hybridized carbons (Fsp3) is 0.923. The Labute approximate surface area is 99.1 Å². The molecule has 1 heterocycles. The summed E-state index contributed by atoms with van der Waals surface area (Å²) < 4.78 is 5.55. The lowest BCUT2D eigenvalue weighted by Crippen LogP contribution is -2.45. The summed E-state index contributed by atoms with van der Waals surface area (Å²) in [6.07, 6.45) is 4.60. The largest absolute Gasteiger partial charge is 0.366 e. The molecule has 1 unspecified atom stereocenters. The van der Waals surface area contributed by atoms with Crippen molar-refractivity contribution in [3.8, 4) is 0 Å². The molecule has 0 saturated carbocycles. The number of ether oxygens (including phenoxy) is 1. The van der Waals surface area contributed by atoms with Gasteiger partial charge in [0.15, 0.2) is 0 Å². The Balaban J connectivity index is 2.45. The summed E-state index contributed by atoms with van der Waals surface area (Å²) in [6, 6.07) is 0.435. The average molecular weight is 227 g/mol. The maximum atomic E-state index is 12.0. The molecular formula is C13H25NO2. The molecule has 0 aromatic rings. The maximum absolute atomic E-state index is 12.0. The number of piperidine rings is 1. The molecule has 1 atom stereocenters. The zero-order valence-corrected chi connectivity index (χ0v) is 11.1. The normalized spacial score (nSPS) is 22.2. The van der Waals surface area contributed by atoms with Gasteiger partial charge in [-0.05, 0) is 46.5 Å². The van der Waals surface area contributed by atoms with E-state index < -0.39 is 0 Å². The van der Waals surface area contributed by atoms with Crippen LogP contribution in [0.25, 0.3) is 0 Å². The molecule has 1 rings (SSSR count). The first kappa shape index (κ1) is 13.5. The monoisotopic (exact) mass is 227 g/mol. The van der Waals surface area contributed by atoms with Crippen LogP contribution in [0.5, 0.6) is 0 Å². The highest BCUT2D eigenvalue weighted by Gasteiger charge is 2.26. The molecule has 0 bridgehead atoms. The Morgan fingerprint density at radius 1 is 1.38 bits per heavy atom. The lowest BCUT2D eigenvalue weighted by atomic mass is 10.00. The molecule has 0 radical (unpaired) electrons. The molecule has 0 aromatic carbocycles. The van der Waals surface area contributed by atoms with Gasteiger partial charge in [-0.3, -0.25) is 4.79 Å². The molecule has 94 valence electrons. The third kappa shape index (κ3) is 4.12. The Hall–Kier alpha value is -0.570. The summed E-state index contributed by atoms with van der Waals surface area (Å²) in [5, 5.41) is 0. The van der Waals surface area contributed by atoms with E-state index in [1.807, 2.05) is 25.7 Å². The number of hydrogen-bond acceptors (Lipinski definition) is 2. The molecule has 16 heavy (non-hydrogen) atoms. The van der Waals surface area contributed by atoms with E-state index in [2.05, 4.69) is 6.92 Å². The molecule has 0 spiro atoms. The minimum atomic E-state index is -0.229. The molecule has 1 amide bonds. The third-order valence-electron chi connectivity index (χ3n) is 3.05. The smallest absolute Gasteiger partial charge is 0.248 e. The van der Waals surface area contributed by atoms with Crippen molar-refractivity contribution in [3.05, 3.63) is 0 Å². The van der Waals surface area contributed by atoms with Crippen molar-refractivity contribution in [3.63, 3.8) is 0 Å². The van der Waals surface area contributed by atoms with E-state index in [1.165, 1.54) is 6.42 Å². The van der Waals surface area contributed by atoms with Crippen molar-refractivity contribution in [2.45, 2.75) is 65.0 Å². The molecule has 1 saturated heterocycles. The Bertz CT molecular complexity index is 233. The van der Waals surface area contributed by atoms with Gasteiger partial charge >= 0.3 is 0 Å². The highest BCUT2D eigenvalue weighted by atomic mass is 16.5. The number of rotatable bonds is 3. The molecule has 3 heteroatoms. The molecule has 0 aliphatic carbocycles. The molecule has 1 fully saturated rings. The molecule has 0 aromatic heterocycles. The first-order valence-corrected chi connectivity index (χ1v) is 6.37.